The number of benzene rings is 3. The summed E-state index contributed by atoms with van der Waals surface area (Å²) in [6, 6.07) is 30.8. The number of piperidine rings is 1. The van der Waals surface area contributed by atoms with Crippen molar-refractivity contribution in [1.29, 1.82) is 0 Å². The van der Waals surface area contributed by atoms with Gasteiger partial charge in [-0.2, -0.15) is 0 Å². The molecule has 0 radical (unpaired) electrons. The van der Waals surface area contributed by atoms with E-state index in [1.54, 1.807) is 0 Å². The lowest BCUT2D eigenvalue weighted by molar-refractivity contribution is -0.289. The van der Waals surface area contributed by atoms with Crippen molar-refractivity contribution in [1.82, 2.24) is 4.90 Å². The maximum atomic E-state index is 12.5. The molecule has 0 bridgehead atoms. The number of ether oxygens (including phenoxy) is 2. The van der Waals surface area contributed by atoms with Crippen LogP contribution in [0.3, 0.4) is 0 Å². The molecular weight excluding hydrogens is 398 g/mol. The highest BCUT2D eigenvalue weighted by Gasteiger charge is 2.46. The van der Waals surface area contributed by atoms with Crippen LogP contribution in [0.1, 0.15) is 36.0 Å². The summed E-state index contributed by atoms with van der Waals surface area (Å²) in [5.74, 6) is -0.649. The van der Waals surface area contributed by atoms with Crippen LogP contribution in [0, 0.1) is 0 Å². The summed E-state index contributed by atoms with van der Waals surface area (Å²) in [4.78, 5) is 14.9. The predicted molar refractivity (Wildman–Crippen MR) is 124 cm³/mol. The predicted octanol–water partition coefficient (Wildman–Crippen LogP) is 4.93. The van der Waals surface area contributed by atoms with E-state index in [4.69, 9.17) is 9.47 Å². The summed E-state index contributed by atoms with van der Waals surface area (Å²) in [6.45, 7) is 2.17. The second-order valence-corrected chi connectivity index (χ2v) is 8.66. The van der Waals surface area contributed by atoms with E-state index in [-0.39, 0.29) is 12.1 Å². The van der Waals surface area contributed by atoms with Gasteiger partial charge in [0.25, 0.3) is 0 Å². The lowest BCUT2D eigenvalue weighted by atomic mass is 9.90. The Balaban J connectivity index is 1.48. The molecule has 3 aromatic rings. The Kier molecular flexibility index (Phi) is 6.17. The number of hydrogen-bond acceptors (Lipinski definition) is 4. The number of ketones is 1. The molecule has 4 nitrogen and oxygen atoms in total. The summed E-state index contributed by atoms with van der Waals surface area (Å²) in [7, 11) is 0. The molecule has 3 aromatic carbocycles. The van der Waals surface area contributed by atoms with Gasteiger partial charge in [-0.3, -0.25) is 9.69 Å². The van der Waals surface area contributed by atoms with Crippen molar-refractivity contribution in [2.75, 3.05) is 13.2 Å². The molecule has 164 valence electrons. The van der Waals surface area contributed by atoms with Crippen LogP contribution < -0.4 is 0 Å². The minimum atomic E-state index is -0.968. The largest absolute Gasteiger partial charge is 0.342 e. The van der Waals surface area contributed by atoms with Crippen LogP contribution in [-0.2, 0) is 26.6 Å². The molecule has 0 saturated carbocycles. The van der Waals surface area contributed by atoms with E-state index in [2.05, 4.69) is 53.4 Å². The lowest BCUT2D eigenvalue weighted by Gasteiger charge is -2.47. The summed E-state index contributed by atoms with van der Waals surface area (Å²) in [5, 5.41) is 0. The molecular formula is C28H29NO3. The van der Waals surface area contributed by atoms with Crippen LogP contribution in [0.2, 0.25) is 0 Å². The topological polar surface area (TPSA) is 38.8 Å². The van der Waals surface area contributed by atoms with Crippen molar-refractivity contribution in [3.8, 4) is 0 Å². The number of carbonyl (C=O) groups excluding carboxylic acids is 1. The first-order valence-electron chi connectivity index (χ1n) is 11.5. The van der Waals surface area contributed by atoms with Gasteiger partial charge in [0.15, 0.2) is 0 Å². The third kappa shape index (κ3) is 4.26. The Morgan fingerprint density at radius 3 is 2.06 bits per heavy atom. The number of Topliss-reactive ketones (excluding diaryl/α,β-unsaturated/α-hetero) is 1. The molecule has 0 spiro atoms. The Bertz CT molecular complexity index is 983. The molecule has 0 aromatic heterocycles. The molecule has 4 heteroatoms. The molecule has 0 N–H and O–H groups in total. The van der Waals surface area contributed by atoms with Gasteiger partial charge >= 0.3 is 0 Å². The SMILES string of the molecule is O=C1CCN(Cc2ccccc2)[C@H]([C@H]2CCOC(c3ccccc3)(c3ccccc3)O2)C1. The molecule has 32 heavy (non-hydrogen) atoms. The van der Waals surface area contributed by atoms with E-state index in [0.29, 0.717) is 25.2 Å². The second kappa shape index (κ2) is 9.37. The average Bonchev–Trinajstić information content (AvgIpc) is 2.87. The van der Waals surface area contributed by atoms with Gasteiger partial charge in [0.2, 0.25) is 5.79 Å². The van der Waals surface area contributed by atoms with Crippen LogP contribution in [-0.4, -0.2) is 36.0 Å². The van der Waals surface area contributed by atoms with E-state index >= 15 is 0 Å². The molecule has 2 aliphatic rings. The minimum absolute atomic E-state index is 0.0344. The first-order valence-corrected chi connectivity index (χ1v) is 11.5. The van der Waals surface area contributed by atoms with Crippen molar-refractivity contribution in [2.24, 2.45) is 0 Å². The molecule has 2 fully saturated rings. The number of rotatable bonds is 5. The van der Waals surface area contributed by atoms with E-state index in [9.17, 15) is 4.79 Å². The molecule has 2 heterocycles. The summed E-state index contributed by atoms with van der Waals surface area (Å²) >= 11 is 0. The summed E-state index contributed by atoms with van der Waals surface area (Å²) in [6.07, 6.45) is 1.80. The van der Waals surface area contributed by atoms with Crippen molar-refractivity contribution < 1.29 is 14.3 Å². The van der Waals surface area contributed by atoms with Gasteiger partial charge in [-0.15, -0.1) is 0 Å². The van der Waals surface area contributed by atoms with E-state index in [1.807, 2.05) is 42.5 Å². The zero-order chi connectivity index (χ0) is 21.8. The highest BCUT2D eigenvalue weighted by atomic mass is 16.7. The molecule has 2 atom stereocenters. The summed E-state index contributed by atoms with van der Waals surface area (Å²) in [5.41, 5.74) is 3.22. The van der Waals surface area contributed by atoms with E-state index in [0.717, 1.165) is 30.6 Å². The van der Waals surface area contributed by atoms with Crippen molar-refractivity contribution in [3.05, 3.63) is 108 Å². The van der Waals surface area contributed by atoms with Gasteiger partial charge in [0.05, 0.1) is 12.7 Å². The molecule has 0 aliphatic carbocycles. The van der Waals surface area contributed by atoms with Crippen LogP contribution >= 0.6 is 0 Å². The fourth-order valence-electron chi connectivity index (χ4n) is 4.96. The molecule has 2 saturated heterocycles. The Labute approximate surface area is 189 Å². The maximum Gasteiger partial charge on any atom is 0.222 e. The van der Waals surface area contributed by atoms with Gasteiger partial charge in [-0.25, -0.2) is 0 Å². The normalized spacial score (nSPS) is 23.7. The quantitative estimate of drug-likeness (QED) is 0.579. The first kappa shape index (κ1) is 21.1. The lowest BCUT2D eigenvalue weighted by Crippen LogP contribution is -2.55. The average molecular weight is 428 g/mol. The third-order valence-electron chi connectivity index (χ3n) is 6.57. The zero-order valence-electron chi connectivity index (χ0n) is 18.2. The second-order valence-electron chi connectivity index (χ2n) is 8.66. The third-order valence-corrected chi connectivity index (χ3v) is 6.57. The smallest absolute Gasteiger partial charge is 0.222 e. The van der Waals surface area contributed by atoms with Gasteiger partial charge < -0.3 is 9.47 Å². The Morgan fingerprint density at radius 1 is 0.844 bits per heavy atom. The van der Waals surface area contributed by atoms with Crippen molar-refractivity contribution >= 4 is 5.78 Å². The van der Waals surface area contributed by atoms with Gasteiger partial charge in [-0.1, -0.05) is 91.0 Å². The van der Waals surface area contributed by atoms with Crippen molar-refractivity contribution in [3.63, 3.8) is 0 Å². The zero-order valence-corrected chi connectivity index (χ0v) is 18.2. The van der Waals surface area contributed by atoms with Gasteiger partial charge in [0, 0.05) is 43.1 Å². The van der Waals surface area contributed by atoms with E-state index in [1.165, 1.54) is 5.56 Å². The Morgan fingerprint density at radius 2 is 1.44 bits per heavy atom. The van der Waals surface area contributed by atoms with Gasteiger partial charge in [0.1, 0.15) is 5.78 Å². The number of carbonyl (C=O) groups is 1. The highest BCUT2D eigenvalue weighted by Crippen LogP contribution is 2.41. The van der Waals surface area contributed by atoms with Crippen LogP contribution in [0.4, 0.5) is 0 Å². The number of likely N-dealkylation sites (tertiary alicyclic amines) is 1. The number of nitrogens with zero attached hydrogens (tertiary/aromatic N) is 1. The summed E-state index contributed by atoms with van der Waals surface area (Å²) < 4.78 is 13.3. The van der Waals surface area contributed by atoms with Crippen LogP contribution in [0.15, 0.2) is 91.0 Å². The maximum absolute atomic E-state index is 12.5. The molecule has 0 amide bonds. The molecule has 0 unspecified atom stereocenters. The monoisotopic (exact) mass is 427 g/mol. The van der Waals surface area contributed by atoms with Crippen LogP contribution in [0.5, 0.6) is 0 Å². The standard InChI is InChI=1S/C28H29NO3/c30-25-16-18-29(21-22-10-4-1-5-11-22)26(20-25)27-17-19-31-28(32-27,23-12-6-2-7-13-23)24-14-8-3-9-15-24/h1-15,26-27H,16-21H2/t26-,27+/m0/s1. The number of hydrogen-bond donors (Lipinski definition) is 0. The van der Waals surface area contributed by atoms with E-state index < -0.39 is 5.79 Å². The Hall–Kier alpha value is -2.79. The molecule has 2 aliphatic heterocycles. The fraction of sp³-hybridized carbons (Fsp3) is 0.321. The van der Waals surface area contributed by atoms with Crippen LogP contribution in [0.25, 0.3) is 0 Å². The fourth-order valence-corrected chi connectivity index (χ4v) is 4.96. The highest BCUT2D eigenvalue weighted by molar-refractivity contribution is 5.80. The van der Waals surface area contributed by atoms with Gasteiger partial charge in [-0.05, 0) is 12.0 Å². The van der Waals surface area contributed by atoms with Crippen molar-refractivity contribution in [2.45, 2.75) is 43.7 Å². The first-order chi connectivity index (χ1) is 15.7. The minimum Gasteiger partial charge on any atom is -0.342 e. The molecule has 5 rings (SSSR count).